The third-order valence-corrected chi connectivity index (χ3v) is 13.6. The predicted molar refractivity (Wildman–Crippen MR) is 209 cm³/mol. The predicted octanol–water partition coefficient (Wildman–Crippen LogP) is 14.0. The van der Waals surface area contributed by atoms with Crippen molar-refractivity contribution in [2.24, 2.45) is 0 Å². The van der Waals surface area contributed by atoms with Crippen LogP contribution in [0.15, 0.2) is 118 Å². The molecular weight excluding hydrogens is 814 g/mol. The second-order valence-electron chi connectivity index (χ2n) is 13.8. The van der Waals surface area contributed by atoms with Crippen LogP contribution in [-0.4, -0.2) is 3.21 Å². The van der Waals surface area contributed by atoms with Gasteiger partial charge < -0.3 is 0 Å². The number of benzene rings is 4. The molecule has 0 N–H and O–H groups in total. The Bertz CT molecular complexity index is 1820. The standard InChI is InChI=1S/C23H29.C13H8Br2.C5H5.2ClH.Zr/c1-14-9-16-11-17-10-15(2)21(23(6,7)8)13-19(17)18(16)12-20(14)22(3,4)5;14-12-5-1-3-10(8-12)7-11-4-2-6-13(15)9-11;1-2-4-5-3-1;;;/h9-13H,1-8H3;1-6,8-9H;1-5H;2*1H;/q-1;;-1;;;+2/p-2. The summed E-state index contributed by atoms with van der Waals surface area (Å²) in [5, 5.41) is 5.55. The summed E-state index contributed by atoms with van der Waals surface area (Å²) in [5.74, 6) is 0. The zero-order chi connectivity index (χ0) is 33.8. The van der Waals surface area contributed by atoms with Crippen molar-refractivity contribution in [2.75, 3.05) is 0 Å². The first-order valence-electron chi connectivity index (χ1n) is 15.5. The Kier molecular flexibility index (Phi) is 12.7. The van der Waals surface area contributed by atoms with Crippen LogP contribution in [0.4, 0.5) is 0 Å². The molecule has 0 radical (unpaired) electrons. The number of halogens is 4. The van der Waals surface area contributed by atoms with Crippen LogP contribution in [0.3, 0.4) is 0 Å². The van der Waals surface area contributed by atoms with E-state index in [9.17, 15) is 0 Å². The summed E-state index contributed by atoms with van der Waals surface area (Å²) >= 11 is 4.42. The van der Waals surface area contributed by atoms with Crippen molar-refractivity contribution in [3.63, 3.8) is 0 Å². The summed E-state index contributed by atoms with van der Waals surface area (Å²) in [6.07, 6.45) is 0. The minimum absolute atomic E-state index is 0.180. The van der Waals surface area contributed by atoms with Crippen molar-refractivity contribution in [2.45, 2.75) is 66.2 Å². The molecule has 6 rings (SSSR count). The summed E-state index contributed by atoms with van der Waals surface area (Å²) < 4.78 is 3.17. The first-order chi connectivity index (χ1) is 21.6. The second kappa shape index (κ2) is 15.7. The molecule has 0 aromatic heterocycles. The van der Waals surface area contributed by atoms with E-state index in [4.69, 9.17) is 17.0 Å². The number of aryl methyl sites for hydroxylation is 2. The summed E-state index contributed by atoms with van der Waals surface area (Å²) in [6, 6.07) is 38.1. The van der Waals surface area contributed by atoms with Gasteiger partial charge in [-0.15, -0.1) is 39.7 Å². The monoisotopic (exact) mass is 852 g/mol. The quantitative estimate of drug-likeness (QED) is 0.152. The molecule has 46 heavy (non-hydrogen) atoms. The van der Waals surface area contributed by atoms with Crippen molar-refractivity contribution < 1.29 is 18.9 Å². The van der Waals surface area contributed by atoms with E-state index in [-0.39, 0.29) is 10.8 Å². The first-order valence-corrected chi connectivity index (χ1v) is 24.6. The maximum absolute atomic E-state index is 6.31. The molecule has 0 atom stereocenters. The molecule has 0 spiro atoms. The van der Waals surface area contributed by atoms with E-state index in [1.807, 2.05) is 66.7 Å². The molecule has 0 aliphatic rings. The molecule has 0 unspecified atom stereocenters. The molecular formula is C41H42Br2Cl2Zr-2. The fourth-order valence-corrected chi connectivity index (χ4v) is 11.2. The van der Waals surface area contributed by atoms with Gasteiger partial charge in [-0.2, -0.15) is 18.2 Å². The normalized spacial score (nSPS) is 11.5. The Labute approximate surface area is 307 Å². The maximum Gasteiger partial charge on any atom is -0.172 e. The van der Waals surface area contributed by atoms with E-state index < -0.39 is 18.9 Å². The Morgan fingerprint density at radius 2 is 1.02 bits per heavy atom. The third kappa shape index (κ3) is 9.51. The van der Waals surface area contributed by atoms with Crippen LogP contribution in [0.5, 0.6) is 0 Å². The fraction of sp³-hybridized carbons (Fsp3) is 0.244. The third-order valence-electron chi connectivity index (χ3n) is 7.98. The molecule has 5 heteroatoms. The van der Waals surface area contributed by atoms with Crippen molar-refractivity contribution in [3.05, 3.63) is 152 Å². The Morgan fingerprint density at radius 3 is 1.33 bits per heavy atom. The molecule has 0 amide bonds. The van der Waals surface area contributed by atoms with Gasteiger partial charge in [0.1, 0.15) is 0 Å². The summed E-state index contributed by atoms with van der Waals surface area (Å²) in [7, 11) is 12.6. The van der Waals surface area contributed by atoms with Crippen LogP contribution in [0.2, 0.25) is 0 Å². The maximum atomic E-state index is 6.31. The van der Waals surface area contributed by atoms with Crippen LogP contribution < -0.4 is 0 Å². The molecule has 6 aromatic carbocycles. The number of hydrogen-bond donors (Lipinski definition) is 0. The van der Waals surface area contributed by atoms with Crippen LogP contribution >= 0.6 is 48.9 Å². The van der Waals surface area contributed by atoms with Crippen molar-refractivity contribution in [3.8, 4) is 0 Å². The summed E-state index contributed by atoms with van der Waals surface area (Å²) in [4.78, 5) is 0. The summed E-state index contributed by atoms with van der Waals surface area (Å²) in [5.41, 5.74) is 8.26. The smallest absolute Gasteiger partial charge is 0.172 e. The van der Waals surface area contributed by atoms with Gasteiger partial charge in [-0.3, -0.25) is 0 Å². The van der Waals surface area contributed by atoms with Crippen LogP contribution in [0, 0.1) is 13.8 Å². The average molecular weight is 857 g/mol. The van der Waals surface area contributed by atoms with Gasteiger partial charge in [-0.25, -0.2) is 12.1 Å². The summed E-state index contributed by atoms with van der Waals surface area (Å²) in [6.45, 7) is 18.3. The van der Waals surface area contributed by atoms with E-state index in [0.29, 0.717) is 0 Å². The largest absolute Gasteiger partial charge is 0.214 e. The zero-order valence-electron chi connectivity index (χ0n) is 27.9. The van der Waals surface area contributed by atoms with Gasteiger partial charge in [-0.05, 0) is 24.7 Å². The van der Waals surface area contributed by atoms with Crippen LogP contribution in [0.1, 0.15) is 74.9 Å². The average Bonchev–Trinajstić information content (AvgIpc) is 3.63. The Balaban J connectivity index is 0.000000185. The number of fused-ring (bicyclic) bond motifs is 3. The van der Waals surface area contributed by atoms with Crippen LogP contribution in [-0.2, 0) is 29.7 Å². The first kappa shape index (κ1) is 37.2. The SMILES string of the molecule is Cc1cc2[cH-]c3cc(C)c(C(C)(C)C)cc3c2cc1C(C)(C)C.[Cl][Zr]([Cl])=[C](c1cccc(Br)c1)c1cccc(Br)c1.c1cc[cH-]c1. The van der Waals surface area contributed by atoms with Gasteiger partial charge in [-0.1, -0.05) is 75.9 Å². The molecule has 0 bridgehead atoms. The molecule has 0 fully saturated rings. The molecule has 0 saturated heterocycles. The second-order valence-corrected chi connectivity index (χ2v) is 23.7. The number of hydrogen-bond acceptors (Lipinski definition) is 0. The van der Waals surface area contributed by atoms with Crippen molar-refractivity contribution >= 4 is 73.6 Å². The molecule has 0 aliphatic carbocycles. The minimum Gasteiger partial charge on any atom is -0.214 e. The van der Waals surface area contributed by atoms with Gasteiger partial charge in [0.05, 0.1) is 0 Å². The zero-order valence-corrected chi connectivity index (χ0v) is 35.0. The number of rotatable bonds is 2. The molecule has 6 aromatic rings. The van der Waals surface area contributed by atoms with Gasteiger partial charge in [0.15, 0.2) is 0 Å². The van der Waals surface area contributed by atoms with Gasteiger partial charge >= 0.3 is 140 Å². The van der Waals surface area contributed by atoms with E-state index in [1.54, 1.807) is 0 Å². The molecule has 0 aliphatic heterocycles. The van der Waals surface area contributed by atoms with Crippen molar-refractivity contribution in [1.82, 2.24) is 0 Å². The Hall–Kier alpha value is -1.61. The van der Waals surface area contributed by atoms with Crippen molar-refractivity contribution in [1.29, 1.82) is 0 Å². The molecule has 0 heterocycles. The topological polar surface area (TPSA) is 0 Å². The van der Waals surface area contributed by atoms with Gasteiger partial charge in [0.2, 0.25) is 0 Å². The Morgan fingerprint density at radius 1 is 0.609 bits per heavy atom. The fourth-order valence-electron chi connectivity index (χ4n) is 5.94. The molecule has 240 valence electrons. The molecule has 0 saturated carbocycles. The molecule has 0 nitrogen and oxygen atoms in total. The van der Waals surface area contributed by atoms with E-state index >= 15 is 0 Å². The minimum atomic E-state index is -2.54. The van der Waals surface area contributed by atoms with Gasteiger partial charge in [0.25, 0.3) is 0 Å². The van der Waals surface area contributed by atoms with Gasteiger partial charge in [0, 0.05) is 0 Å². The van der Waals surface area contributed by atoms with E-state index in [2.05, 4.69) is 130 Å². The van der Waals surface area contributed by atoms with E-state index in [0.717, 1.165) is 23.3 Å². The van der Waals surface area contributed by atoms with E-state index in [1.165, 1.54) is 43.8 Å². The van der Waals surface area contributed by atoms with Crippen LogP contribution in [0.25, 0.3) is 21.5 Å².